The molecule has 11 heteroatoms. The minimum absolute atomic E-state index is 0.125. The molecule has 5 rings (SSSR count). The number of halogens is 4. The predicted molar refractivity (Wildman–Crippen MR) is 132 cm³/mol. The highest BCUT2D eigenvalue weighted by Gasteiger charge is 2.39. The molecule has 0 amide bonds. The molecule has 4 aromatic rings. The van der Waals surface area contributed by atoms with Crippen molar-refractivity contribution in [1.82, 2.24) is 15.2 Å². The first kappa shape index (κ1) is 24.3. The molecule has 1 fully saturated rings. The van der Waals surface area contributed by atoms with Gasteiger partial charge in [-0.2, -0.15) is 18.3 Å². The number of nitrogens with one attached hydrogen (secondary N) is 1. The van der Waals surface area contributed by atoms with E-state index in [2.05, 4.69) is 15.2 Å². The number of aromatic amines is 1. The third-order valence-corrected chi connectivity index (χ3v) is 9.60. The first-order valence-corrected chi connectivity index (χ1v) is 13.4. The Morgan fingerprint density at radius 3 is 2.47 bits per heavy atom. The summed E-state index contributed by atoms with van der Waals surface area (Å²) in [4.78, 5) is 28.9. The summed E-state index contributed by atoms with van der Waals surface area (Å²) in [6.07, 6.45) is -2.66. The summed E-state index contributed by atoms with van der Waals surface area (Å²) < 4.78 is 55.2. The van der Waals surface area contributed by atoms with Gasteiger partial charge >= 0.3 is 6.18 Å². The average molecular weight is 517 g/mol. The number of fused-ring (bicyclic) bond motifs is 1. The molecule has 0 unspecified atom stereocenters. The molecule has 1 saturated heterocycles. The van der Waals surface area contributed by atoms with Gasteiger partial charge in [-0.05, 0) is 35.9 Å². The molecule has 3 heterocycles. The van der Waals surface area contributed by atoms with Crippen LogP contribution in [0.1, 0.15) is 16.8 Å². The van der Waals surface area contributed by atoms with E-state index in [4.69, 9.17) is 0 Å². The Morgan fingerprint density at radius 2 is 1.75 bits per heavy atom. The lowest BCUT2D eigenvalue weighted by Crippen LogP contribution is -2.41. The van der Waals surface area contributed by atoms with Crippen molar-refractivity contribution < 1.29 is 22.5 Å². The number of alkyl halides is 3. The quantitative estimate of drug-likeness (QED) is 0.314. The molecule has 1 aliphatic rings. The second-order valence-electron chi connectivity index (χ2n) is 8.74. The van der Waals surface area contributed by atoms with Crippen LogP contribution < -0.4 is 15.8 Å². The average Bonchev–Trinajstić information content (AvgIpc) is 2.87. The second kappa shape index (κ2) is 9.26. The normalized spacial score (nSPS) is 15.9. The van der Waals surface area contributed by atoms with Gasteiger partial charge in [0.15, 0.2) is 0 Å². The molecule has 36 heavy (non-hydrogen) atoms. The molecule has 2 aromatic carbocycles. The summed E-state index contributed by atoms with van der Waals surface area (Å²) in [6.45, 7) is 0.250. The topological polar surface area (TPSA) is 82.1 Å². The van der Waals surface area contributed by atoms with Gasteiger partial charge in [-0.1, -0.05) is 24.3 Å². The highest BCUT2D eigenvalue weighted by atomic mass is 31.2. The molecular formula is C25H22F4N4O2P. The van der Waals surface area contributed by atoms with Crippen molar-refractivity contribution >= 4 is 29.4 Å². The van der Waals surface area contributed by atoms with Crippen LogP contribution >= 0.6 is 7.49 Å². The third kappa shape index (κ3) is 4.58. The third-order valence-electron chi connectivity index (χ3n) is 6.48. The van der Waals surface area contributed by atoms with Crippen LogP contribution in [0.25, 0.3) is 10.8 Å². The fourth-order valence-electron chi connectivity index (χ4n) is 4.61. The molecule has 2 aromatic heterocycles. The number of nitrogens with zero attached hydrogens (tertiary/aromatic N) is 3. The number of hydrogen-bond acceptors (Lipinski definition) is 5. The van der Waals surface area contributed by atoms with Crippen LogP contribution in [0.4, 0.5) is 23.4 Å². The Hall–Kier alpha value is -3.36. The van der Waals surface area contributed by atoms with E-state index in [-0.39, 0.29) is 42.1 Å². The lowest BCUT2D eigenvalue weighted by atomic mass is 10.0. The van der Waals surface area contributed by atoms with Crippen molar-refractivity contribution in [2.45, 2.75) is 12.6 Å². The highest BCUT2D eigenvalue weighted by molar-refractivity contribution is 7.77. The Morgan fingerprint density at radius 1 is 1.03 bits per heavy atom. The molecule has 0 saturated carbocycles. The maximum atomic E-state index is 14.9. The number of anilines is 1. The van der Waals surface area contributed by atoms with Gasteiger partial charge in [0.25, 0.3) is 5.56 Å². The number of hydrogen-bond donors (Lipinski definition) is 2. The van der Waals surface area contributed by atoms with Crippen LogP contribution in [-0.4, -0.2) is 45.5 Å². The number of pyridine rings is 1. The SMILES string of the molecule is O=c1[nH]nc(Cc2ccc(F)c([P]3(O)CCN(c4ncccc4C(F)(F)F)CC3)c2)c2ccccc12. The summed E-state index contributed by atoms with van der Waals surface area (Å²) in [5.74, 6) is -0.724. The zero-order valence-electron chi connectivity index (χ0n) is 19.0. The Labute approximate surface area is 204 Å². The van der Waals surface area contributed by atoms with Gasteiger partial charge in [-0.25, -0.2) is 14.5 Å². The van der Waals surface area contributed by atoms with Crippen molar-refractivity contribution in [2.24, 2.45) is 0 Å². The van der Waals surface area contributed by atoms with Gasteiger partial charge in [0.1, 0.15) is 11.6 Å². The summed E-state index contributed by atoms with van der Waals surface area (Å²) >= 11 is 0. The minimum Gasteiger partial charge on any atom is -0.375 e. The lowest BCUT2D eigenvalue weighted by Gasteiger charge is -2.41. The van der Waals surface area contributed by atoms with Gasteiger partial charge in [-0.3, -0.25) is 4.79 Å². The van der Waals surface area contributed by atoms with E-state index in [0.717, 1.165) is 6.07 Å². The largest absolute Gasteiger partial charge is 0.419 e. The molecule has 1 aliphatic heterocycles. The van der Waals surface area contributed by atoms with Crippen LogP contribution in [0.3, 0.4) is 0 Å². The summed E-state index contributed by atoms with van der Waals surface area (Å²) in [5.41, 5.74) is 0.180. The van der Waals surface area contributed by atoms with E-state index in [0.29, 0.717) is 28.5 Å². The number of benzene rings is 2. The Kier molecular flexibility index (Phi) is 6.26. The molecular weight excluding hydrogens is 495 g/mol. The number of aromatic nitrogens is 3. The fraction of sp³-hybridized carbons (Fsp3) is 0.240. The maximum Gasteiger partial charge on any atom is 0.419 e. The Bertz CT molecular complexity index is 1480. The number of H-pyrrole nitrogens is 1. The van der Waals surface area contributed by atoms with Crippen molar-refractivity contribution in [1.29, 1.82) is 0 Å². The van der Waals surface area contributed by atoms with Gasteiger partial charge in [-0.15, -0.1) is 0 Å². The zero-order valence-corrected chi connectivity index (χ0v) is 19.9. The van der Waals surface area contributed by atoms with E-state index in [1.54, 1.807) is 36.4 Å². The fourth-order valence-corrected chi connectivity index (χ4v) is 7.33. The molecule has 0 atom stereocenters. The van der Waals surface area contributed by atoms with Crippen LogP contribution in [-0.2, 0) is 12.6 Å². The van der Waals surface area contributed by atoms with Crippen LogP contribution in [0.2, 0.25) is 0 Å². The maximum absolute atomic E-state index is 14.9. The van der Waals surface area contributed by atoms with Crippen LogP contribution in [0.5, 0.6) is 0 Å². The zero-order chi connectivity index (χ0) is 25.5. The lowest BCUT2D eigenvalue weighted by molar-refractivity contribution is -0.137. The van der Waals surface area contributed by atoms with Crippen LogP contribution in [0, 0.1) is 5.82 Å². The van der Waals surface area contributed by atoms with Crippen LogP contribution in [0.15, 0.2) is 65.6 Å². The number of rotatable bonds is 4. The van der Waals surface area contributed by atoms with E-state index < -0.39 is 25.0 Å². The van der Waals surface area contributed by atoms with E-state index in [1.165, 1.54) is 23.2 Å². The highest BCUT2D eigenvalue weighted by Crippen LogP contribution is 2.56. The van der Waals surface area contributed by atoms with Crippen molar-refractivity contribution in [3.8, 4) is 0 Å². The molecule has 0 bridgehead atoms. The Balaban J connectivity index is 1.40. The summed E-state index contributed by atoms with van der Waals surface area (Å²) in [6, 6.07) is 13.8. The molecule has 0 spiro atoms. The van der Waals surface area contributed by atoms with Gasteiger partial charge in [0, 0.05) is 56.2 Å². The molecule has 2 N–H and O–H groups in total. The van der Waals surface area contributed by atoms with Crippen molar-refractivity contribution in [3.63, 3.8) is 0 Å². The van der Waals surface area contributed by atoms with E-state index >= 15 is 0 Å². The first-order chi connectivity index (χ1) is 17.2. The molecule has 6 nitrogen and oxygen atoms in total. The molecule has 1 radical (unpaired) electrons. The van der Waals surface area contributed by atoms with E-state index in [1.807, 2.05) is 0 Å². The predicted octanol–water partition coefficient (Wildman–Crippen LogP) is 4.14. The van der Waals surface area contributed by atoms with E-state index in [9.17, 15) is 27.2 Å². The van der Waals surface area contributed by atoms with Gasteiger partial charge in [0.2, 0.25) is 0 Å². The first-order valence-electron chi connectivity index (χ1n) is 11.3. The van der Waals surface area contributed by atoms with Crippen molar-refractivity contribution in [3.05, 3.63) is 93.8 Å². The smallest absolute Gasteiger partial charge is 0.375 e. The second-order valence-corrected chi connectivity index (χ2v) is 12.0. The summed E-state index contributed by atoms with van der Waals surface area (Å²) in [7, 11) is -2.96. The van der Waals surface area contributed by atoms with Gasteiger partial charge < -0.3 is 9.79 Å². The monoisotopic (exact) mass is 517 g/mol. The minimum atomic E-state index is -4.55. The summed E-state index contributed by atoms with van der Waals surface area (Å²) in [5, 5.41) is 8.03. The molecule has 0 aliphatic carbocycles. The standard InChI is InChI=1S/C25H22F4N4O2P/c26-20-8-7-16(14-21-17-4-1-2-5-18(17)24(34)32-31-21)15-22(20)36(35)12-10-33(11-13-36)23-19(25(27,28)29)6-3-9-30-23/h1-9,15,35H,10-14H2,(H,32,34). The molecule has 187 valence electrons. The van der Waals surface area contributed by atoms with Gasteiger partial charge in [0.05, 0.1) is 16.6 Å². The van der Waals surface area contributed by atoms with Crippen molar-refractivity contribution in [2.75, 3.05) is 30.3 Å².